The van der Waals surface area contributed by atoms with Gasteiger partial charge in [0.05, 0.1) is 12.8 Å². The molecule has 114 valence electrons. The number of nitrogens with one attached hydrogen (secondary N) is 1. The summed E-state index contributed by atoms with van der Waals surface area (Å²) in [6.45, 7) is 7.29. The third-order valence-electron chi connectivity index (χ3n) is 1.96. The Morgan fingerprint density at radius 2 is 1.95 bits per heavy atom. The van der Waals surface area contributed by atoms with Gasteiger partial charge >= 0.3 is 13.6 Å². The van der Waals surface area contributed by atoms with Crippen molar-refractivity contribution in [3.8, 4) is 0 Å². The van der Waals surface area contributed by atoms with Gasteiger partial charge in [0.2, 0.25) is 0 Å². The highest BCUT2D eigenvalue weighted by atomic mass is 35.5. The van der Waals surface area contributed by atoms with Crippen LogP contribution >= 0.6 is 20.0 Å². The van der Waals surface area contributed by atoms with Gasteiger partial charge in [-0.05, 0) is 27.7 Å². The van der Waals surface area contributed by atoms with Crippen LogP contribution in [0, 0.1) is 0 Å². The first-order valence-electron chi connectivity index (χ1n) is 5.80. The Kier molecular flexibility index (Phi) is 10.5. The molecular weight excluding hydrogens is 293 g/mol. The zero-order valence-corrected chi connectivity index (χ0v) is 13.3. The fourth-order valence-electron chi connectivity index (χ4n) is 1.44. The Bertz CT molecular complexity index is 353. The van der Waals surface area contributed by atoms with Gasteiger partial charge in [-0.2, -0.15) is 0 Å². The molecule has 0 aliphatic heterocycles. The van der Waals surface area contributed by atoms with Crippen LogP contribution in [0.25, 0.3) is 0 Å². The van der Waals surface area contributed by atoms with Crippen LogP contribution in [-0.2, 0) is 14.1 Å². The summed E-state index contributed by atoms with van der Waals surface area (Å²) < 4.78 is 15.8. The summed E-state index contributed by atoms with van der Waals surface area (Å²) in [5.74, 6) is -0.448. The van der Waals surface area contributed by atoms with Crippen LogP contribution in [0.5, 0.6) is 0 Å². The Labute approximate surface area is 120 Å². The predicted octanol–water partition coefficient (Wildman–Crippen LogP) is 1.46. The van der Waals surface area contributed by atoms with Gasteiger partial charge in [-0.25, -0.2) is 0 Å². The lowest BCUT2D eigenvalue weighted by Crippen LogP contribution is -2.40. The number of allylic oxidation sites excluding steroid dienone is 1. The van der Waals surface area contributed by atoms with Gasteiger partial charge in [-0.1, -0.05) is 11.6 Å². The molecule has 8 heteroatoms. The Morgan fingerprint density at radius 3 is 2.32 bits per heavy atom. The van der Waals surface area contributed by atoms with E-state index in [4.69, 9.17) is 14.5 Å². The van der Waals surface area contributed by atoms with E-state index in [1.807, 2.05) is 13.8 Å². The molecule has 0 rings (SSSR count). The third kappa shape index (κ3) is 11.2. The number of hydrogen-bond donors (Lipinski definition) is 3. The maximum atomic E-state index is 11.7. The molecule has 1 atom stereocenters. The second-order valence-electron chi connectivity index (χ2n) is 4.39. The Morgan fingerprint density at radius 1 is 1.42 bits per heavy atom. The van der Waals surface area contributed by atoms with E-state index < -0.39 is 19.6 Å². The molecule has 0 aliphatic rings. The van der Waals surface area contributed by atoms with E-state index in [0.29, 0.717) is 5.57 Å². The topological polar surface area (TPSA) is 95.9 Å². The normalized spacial score (nSPS) is 13.9. The molecule has 19 heavy (non-hydrogen) atoms. The number of carbonyl (C=O) groups excluding carboxylic acids is 1. The van der Waals surface area contributed by atoms with Crippen LogP contribution in [0.2, 0.25) is 0 Å². The molecule has 0 spiro atoms. The summed E-state index contributed by atoms with van der Waals surface area (Å²) in [6, 6.07) is -0.630. The summed E-state index contributed by atoms with van der Waals surface area (Å²) >= 11 is 0. The van der Waals surface area contributed by atoms with Gasteiger partial charge in [0.15, 0.2) is 0 Å². The molecule has 0 radical (unpaired) electrons. The summed E-state index contributed by atoms with van der Waals surface area (Å²) in [5.41, 5.74) is 0.453. The third-order valence-corrected chi connectivity index (χ3v) is 2.87. The van der Waals surface area contributed by atoms with Crippen molar-refractivity contribution in [1.29, 1.82) is 0 Å². The van der Waals surface area contributed by atoms with Gasteiger partial charge in [-0.3, -0.25) is 14.7 Å². The lowest BCUT2D eigenvalue weighted by atomic mass is 10.2. The minimum atomic E-state index is -4.11. The van der Waals surface area contributed by atoms with Crippen LogP contribution in [0.3, 0.4) is 0 Å². The van der Waals surface area contributed by atoms with E-state index >= 15 is 0 Å². The maximum absolute atomic E-state index is 11.7. The summed E-state index contributed by atoms with van der Waals surface area (Å²) in [7, 11) is -4.11. The van der Waals surface area contributed by atoms with Crippen molar-refractivity contribution in [1.82, 2.24) is 5.32 Å². The number of ether oxygens (including phenoxy) is 1. The number of hydrogen-bond acceptors (Lipinski definition) is 4. The average Bonchev–Trinajstić information content (AvgIpc) is 2.13. The highest BCUT2D eigenvalue weighted by Gasteiger charge is 2.20. The van der Waals surface area contributed by atoms with Crippen molar-refractivity contribution in [2.45, 2.75) is 39.8 Å². The van der Waals surface area contributed by atoms with E-state index in [2.05, 4.69) is 5.32 Å². The number of halogens is 1. The maximum Gasteiger partial charge on any atom is 0.329 e. The van der Waals surface area contributed by atoms with E-state index in [1.165, 1.54) is 6.08 Å². The van der Waals surface area contributed by atoms with Gasteiger partial charge in [0, 0.05) is 6.04 Å². The molecule has 1 unspecified atom stereocenters. The Balaban J connectivity index is 0. The van der Waals surface area contributed by atoms with Gasteiger partial charge < -0.3 is 14.5 Å². The molecule has 0 heterocycles. The largest absolute Gasteiger partial charge is 0.465 e. The Hall–Kier alpha value is -0.390. The van der Waals surface area contributed by atoms with Crippen LogP contribution in [0.4, 0.5) is 0 Å². The second kappa shape index (κ2) is 9.50. The fourth-order valence-corrected chi connectivity index (χ4v) is 2.19. The van der Waals surface area contributed by atoms with Crippen LogP contribution < -0.4 is 5.32 Å². The summed E-state index contributed by atoms with van der Waals surface area (Å²) in [4.78, 5) is 29.4. The lowest BCUT2D eigenvalue weighted by Gasteiger charge is -2.17. The number of rotatable bonds is 7. The lowest BCUT2D eigenvalue weighted by molar-refractivity contribution is -0.144. The van der Waals surface area contributed by atoms with Gasteiger partial charge in [0.25, 0.3) is 0 Å². The zero-order chi connectivity index (χ0) is 14.3. The highest BCUT2D eigenvalue weighted by Crippen LogP contribution is 2.36. The smallest absolute Gasteiger partial charge is 0.329 e. The predicted molar refractivity (Wildman–Crippen MR) is 76.6 cm³/mol. The van der Waals surface area contributed by atoms with Crippen molar-refractivity contribution >= 4 is 26.0 Å². The van der Waals surface area contributed by atoms with E-state index in [-0.39, 0.29) is 31.2 Å². The van der Waals surface area contributed by atoms with Crippen molar-refractivity contribution in [3.63, 3.8) is 0 Å². The SMILES string of the molecule is CCOC(=O)C(/C=C(\C)CP(=O)(O)O)NC(C)C.Cl. The minimum Gasteiger partial charge on any atom is -0.465 e. The van der Waals surface area contributed by atoms with Crippen LogP contribution in [0.1, 0.15) is 27.7 Å². The highest BCUT2D eigenvalue weighted by molar-refractivity contribution is 7.52. The molecule has 0 aromatic rings. The molecule has 0 aromatic heterocycles. The summed E-state index contributed by atoms with van der Waals surface area (Å²) in [5, 5.41) is 2.98. The molecule has 6 nitrogen and oxygen atoms in total. The van der Waals surface area contributed by atoms with Crippen molar-refractivity contribution in [2.24, 2.45) is 0 Å². The first-order chi connectivity index (χ1) is 8.15. The van der Waals surface area contributed by atoms with Crippen LogP contribution in [0.15, 0.2) is 11.6 Å². The molecule has 3 N–H and O–H groups in total. The monoisotopic (exact) mass is 315 g/mol. The van der Waals surface area contributed by atoms with E-state index in [9.17, 15) is 9.36 Å². The quantitative estimate of drug-likeness (QED) is 0.374. The number of esters is 1. The average molecular weight is 316 g/mol. The standard InChI is InChI=1S/C11H22NO5P.ClH/c1-5-17-11(13)10(12-8(2)3)6-9(4)7-18(14,15)16;/h6,8,10,12H,5,7H2,1-4H3,(H2,14,15,16);1H/b9-6+;. The van der Waals surface area contributed by atoms with Crippen LogP contribution in [-0.4, -0.2) is 40.6 Å². The molecule has 0 saturated heterocycles. The summed E-state index contributed by atoms with van der Waals surface area (Å²) in [6.07, 6.45) is 1.14. The van der Waals surface area contributed by atoms with Crippen molar-refractivity contribution in [3.05, 3.63) is 11.6 Å². The fraction of sp³-hybridized carbons (Fsp3) is 0.727. The van der Waals surface area contributed by atoms with Crippen molar-refractivity contribution < 1.29 is 23.9 Å². The second-order valence-corrected chi connectivity index (χ2v) is 6.03. The first kappa shape index (κ1) is 20.9. The molecule has 0 aliphatic carbocycles. The molecular formula is C11H23ClNO5P. The molecule has 0 saturated carbocycles. The molecule has 0 amide bonds. The van der Waals surface area contributed by atoms with E-state index in [0.717, 1.165) is 0 Å². The van der Waals surface area contributed by atoms with Gasteiger partial charge in [0.1, 0.15) is 6.04 Å². The minimum absolute atomic E-state index is 0. The molecule has 0 aromatic carbocycles. The number of carbonyl (C=O) groups is 1. The van der Waals surface area contributed by atoms with Gasteiger partial charge in [-0.15, -0.1) is 12.4 Å². The molecule has 0 bridgehead atoms. The first-order valence-corrected chi connectivity index (χ1v) is 7.60. The van der Waals surface area contributed by atoms with E-state index in [1.54, 1.807) is 13.8 Å². The zero-order valence-electron chi connectivity index (χ0n) is 11.6. The van der Waals surface area contributed by atoms with Crippen molar-refractivity contribution in [2.75, 3.05) is 12.8 Å². The molecule has 0 fully saturated rings.